The van der Waals surface area contributed by atoms with Gasteiger partial charge in [0.05, 0.1) is 6.61 Å². The molecule has 0 bridgehead atoms. The van der Waals surface area contributed by atoms with E-state index < -0.39 is 0 Å². The molecule has 1 aromatic rings. The first-order valence-corrected chi connectivity index (χ1v) is 8.54. The normalized spacial score (nSPS) is 17.6. The molecule has 2 rings (SSSR count). The van der Waals surface area contributed by atoms with Gasteiger partial charge in [-0.15, -0.1) is 0 Å². The standard InChI is InChI=1S/C14H25N5OS/c1-5-7-15-11-16-12(18-13(17-11)20-6-2)19-8-9-21-14(3,4)10-19/h5-10H2,1-4H3,(H,15,16,17,18). The summed E-state index contributed by atoms with van der Waals surface area (Å²) in [7, 11) is 0. The molecule has 1 N–H and O–H groups in total. The zero-order valence-corrected chi connectivity index (χ0v) is 14.2. The van der Waals surface area contributed by atoms with Crippen molar-refractivity contribution in [1.82, 2.24) is 15.0 Å². The van der Waals surface area contributed by atoms with Crippen molar-refractivity contribution in [2.45, 2.75) is 38.9 Å². The van der Waals surface area contributed by atoms with Crippen LogP contribution in [-0.4, -0.2) is 51.7 Å². The van der Waals surface area contributed by atoms with E-state index in [1.165, 1.54) is 0 Å². The van der Waals surface area contributed by atoms with Gasteiger partial charge in [-0.05, 0) is 27.2 Å². The van der Waals surface area contributed by atoms with Gasteiger partial charge in [-0.25, -0.2) is 0 Å². The second-order valence-electron chi connectivity index (χ2n) is 5.63. The number of hydrogen-bond donors (Lipinski definition) is 1. The zero-order valence-electron chi connectivity index (χ0n) is 13.3. The molecule has 0 saturated carbocycles. The van der Waals surface area contributed by atoms with Gasteiger partial charge in [-0.2, -0.15) is 26.7 Å². The number of hydrogen-bond acceptors (Lipinski definition) is 7. The Bertz CT molecular complexity index is 469. The Morgan fingerprint density at radius 1 is 1.29 bits per heavy atom. The molecule has 1 saturated heterocycles. The number of nitrogens with one attached hydrogen (secondary N) is 1. The highest BCUT2D eigenvalue weighted by Crippen LogP contribution is 2.31. The maximum absolute atomic E-state index is 5.48. The average Bonchev–Trinajstić information content (AvgIpc) is 2.44. The summed E-state index contributed by atoms with van der Waals surface area (Å²) in [6.45, 7) is 11.8. The summed E-state index contributed by atoms with van der Waals surface area (Å²) in [5, 5.41) is 3.22. The van der Waals surface area contributed by atoms with Crippen LogP contribution in [0.25, 0.3) is 0 Å². The van der Waals surface area contributed by atoms with Gasteiger partial charge in [-0.3, -0.25) is 0 Å². The lowest BCUT2D eigenvalue weighted by Crippen LogP contribution is -2.44. The predicted octanol–water partition coefficient (Wildman–Crippen LogP) is 2.42. The van der Waals surface area contributed by atoms with Crippen molar-refractivity contribution in [3.63, 3.8) is 0 Å². The number of nitrogens with zero attached hydrogens (tertiary/aromatic N) is 4. The molecule has 1 aromatic heterocycles. The van der Waals surface area contributed by atoms with E-state index in [2.05, 4.69) is 45.9 Å². The molecule has 0 radical (unpaired) electrons. The summed E-state index contributed by atoms with van der Waals surface area (Å²) in [5.74, 6) is 2.39. The van der Waals surface area contributed by atoms with E-state index in [1.807, 2.05) is 18.7 Å². The van der Waals surface area contributed by atoms with Crippen molar-refractivity contribution >= 4 is 23.7 Å². The second kappa shape index (κ2) is 7.15. The molecular weight excluding hydrogens is 286 g/mol. The summed E-state index contributed by atoms with van der Waals surface area (Å²) < 4.78 is 5.69. The maximum atomic E-state index is 5.48. The van der Waals surface area contributed by atoms with Crippen molar-refractivity contribution in [3.8, 4) is 6.01 Å². The molecule has 0 amide bonds. The third kappa shape index (κ3) is 4.62. The summed E-state index contributed by atoms with van der Waals surface area (Å²) in [6.07, 6.45) is 1.03. The van der Waals surface area contributed by atoms with E-state index in [1.54, 1.807) is 0 Å². The molecule has 7 heteroatoms. The van der Waals surface area contributed by atoms with Crippen LogP contribution in [0.5, 0.6) is 6.01 Å². The van der Waals surface area contributed by atoms with Gasteiger partial charge in [0, 0.05) is 30.1 Å². The quantitative estimate of drug-likeness (QED) is 0.865. The van der Waals surface area contributed by atoms with E-state index in [0.29, 0.717) is 24.5 Å². The summed E-state index contributed by atoms with van der Waals surface area (Å²) in [5.41, 5.74) is 0. The Morgan fingerprint density at radius 3 is 2.76 bits per heavy atom. The third-order valence-corrected chi connectivity index (χ3v) is 4.42. The topological polar surface area (TPSA) is 63.2 Å². The van der Waals surface area contributed by atoms with Crippen LogP contribution in [0.3, 0.4) is 0 Å². The van der Waals surface area contributed by atoms with Crippen LogP contribution in [0.15, 0.2) is 0 Å². The van der Waals surface area contributed by atoms with E-state index in [9.17, 15) is 0 Å². The Balaban J connectivity index is 2.21. The molecule has 0 aliphatic carbocycles. The molecule has 0 aromatic carbocycles. The van der Waals surface area contributed by atoms with Crippen LogP contribution >= 0.6 is 11.8 Å². The first-order chi connectivity index (χ1) is 10.0. The lowest BCUT2D eigenvalue weighted by atomic mass is 10.2. The minimum Gasteiger partial charge on any atom is -0.464 e. The molecule has 1 aliphatic heterocycles. The SMILES string of the molecule is CCCNc1nc(OCC)nc(N2CCSC(C)(C)C2)n1. The van der Waals surface area contributed by atoms with Crippen LogP contribution in [0, 0.1) is 0 Å². The Kier molecular flexibility index (Phi) is 5.50. The van der Waals surface area contributed by atoms with Gasteiger partial charge in [-0.1, -0.05) is 6.92 Å². The molecule has 1 fully saturated rings. The van der Waals surface area contributed by atoms with Gasteiger partial charge in [0.2, 0.25) is 11.9 Å². The van der Waals surface area contributed by atoms with Crippen molar-refractivity contribution in [3.05, 3.63) is 0 Å². The van der Waals surface area contributed by atoms with Crippen molar-refractivity contribution < 1.29 is 4.74 Å². The van der Waals surface area contributed by atoms with Gasteiger partial charge in [0.1, 0.15) is 0 Å². The first kappa shape index (κ1) is 16.1. The monoisotopic (exact) mass is 311 g/mol. The van der Waals surface area contributed by atoms with E-state index in [-0.39, 0.29) is 4.75 Å². The van der Waals surface area contributed by atoms with Crippen LogP contribution in [0.1, 0.15) is 34.1 Å². The van der Waals surface area contributed by atoms with E-state index in [0.717, 1.165) is 31.8 Å². The maximum Gasteiger partial charge on any atom is 0.323 e. The summed E-state index contributed by atoms with van der Waals surface area (Å²) in [4.78, 5) is 15.5. The predicted molar refractivity (Wildman–Crippen MR) is 88.5 cm³/mol. The van der Waals surface area contributed by atoms with Crippen LogP contribution in [0.2, 0.25) is 0 Å². The number of aromatic nitrogens is 3. The molecular formula is C14H25N5OS. The second-order valence-corrected chi connectivity index (χ2v) is 7.43. The highest BCUT2D eigenvalue weighted by atomic mass is 32.2. The molecule has 21 heavy (non-hydrogen) atoms. The Hall–Kier alpha value is -1.24. The minimum absolute atomic E-state index is 0.216. The summed E-state index contributed by atoms with van der Waals surface area (Å²) >= 11 is 1.99. The zero-order chi connectivity index (χ0) is 15.3. The molecule has 0 spiro atoms. The minimum atomic E-state index is 0.216. The number of anilines is 2. The lowest BCUT2D eigenvalue weighted by molar-refractivity contribution is 0.312. The van der Waals surface area contributed by atoms with Crippen molar-refractivity contribution in [1.29, 1.82) is 0 Å². The average molecular weight is 311 g/mol. The Labute approximate surface area is 131 Å². The molecule has 1 aliphatic rings. The fourth-order valence-electron chi connectivity index (χ4n) is 2.18. The number of ether oxygens (including phenoxy) is 1. The molecule has 118 valence electrons. The lowest BCUT2D eigenvalue weighted by Gasteiger charge is -2.37. The largest absolute Gasteiger partial charge is 0.464 e. The van der Waals surface area contributed by atoms with Gasteiger partial charge in [0.25, 0.3) is 0 Å². The van der Waals surface area contributed by atoms with Gasteiger partial charge < -0.3 is 15.0 Å². The fraction of sp³-hybridized carbons (Fsp3) is 0.786. The van der Waals surface area contributed by atoms with Crippen LogP contribution < -0.4 is 15.0 Å². The van der Waals surface area contributed by atoms with E-state index >= 15 is 0 Å². The molecule has 0 unspecified atom stereocenters. The molecule has 0 atom stereocenters. The van der Waals surface area contributed by atoms with Gasteiger partial charge >= 0.3 is 6.01 Å². The highest BCUT2D eigenvalue weighted by molar-refractivity contribution is 8.00. The first-order valence-electron chi connectivity index (χ1n) is 7.55. The van der Waals surface area contributed by atoms with Crippen molar-refractivity contribution in [2.75, 3.05) is 42.2 Å². The van der Waals surface area contributed by atoms with Crippen LogP contribution in [0.4, 0.5) is 11.9 Å². The van der Waals surface area contributed by atoms with E-state index in [4.69, 9.17) is 4.74 Å². The number of thioether (sulfide) groups is 1. The summed E-state index contributed by atoms with van der Waals surface area (Å²) in [6, 6.07) is 0.400. The molecule has 6 nitrogen and oxygen atoms in total. The van der Waals surface area contributed by atoms with Crippen LogP contribution in [-0.2, 0) is 0 Å². The number of rotatable bonds is 6. The van der Waals surface area contributed by atoms with Crippen molar-refractivity contribution in [2.24, 2.45) is 0 Å². The van der Waals surface area contributed by atoms with Gasteiger partial charge in [0.15, 0.2) is 0 Å². The smallest absolute Gasteiger partial charge is 0.323 e. The fourth-order valence-corrected chi connectivity index (χ4v) is 3.30. The molecule has 2 heterocycles. The third-order valence-electron chi connectivity index (χ3n) is 3.12. The highest BCUT2D eigenvalue weighted by Gasteiger charge is 2.29. The Morgan fingerprint density at radius 2 is 2.10 bits per heavy atom.